The average molecular weight is 288 g/mol. The van der Waals surface area contributed by atoms with Gasteiger partial charge in [0, 0.05) is 37.5 Å². The van der Waals surface area contributed by atoms with E-state index in [1.165, 1.54) is 12.1 Å². The van der Waals surface area contributed by atoms with Gasteiger partial charge in [-0.3, -0.25) is 14.9 Å². The topological polar surface area (TPSA) is 101 Å². The SMILES string of the molecule is O=C(Cc1cccc([N+](=O)[O-])c1)NCCCc1ncc[nH]1. The minimum atomic E-state index is -0.467. The summed E-state index contributed by atoms with van der Waals surface area (Å²) in [5, 5.41) is 13.5. The van der Waals surface area contributed by atoms with E-state index in [1.807, 2.05) is 0 Å². The molecular weight excluding hydrogens is 272 g/mol. The lowest BCUT2D eigenvalue weighted by atomic mass is 10.1. The standard InChI is InChI=1S/C14H16N4O3/c19-14(17-6-2-5-13-15-7-8-16-13)10-11-3-1-4-12(9-11)18(20)21/h1,3-4,7-9H,2,5-6,10H2,(H,15,16)(H,17,19). The average Bonchev–Trinajstić information content (AvgIpc) is 2.97. The summed E-state index contributed by atoms with van der Waals surface area (Å²) in [7, 11) is 0. The first kappa shape index (κ1) is 14.7. The summed E-state index contributed by atoms with van der Waals surface area (Å²) in [4.78, 5) is 29.0. The number of carbonyl (C=O) groups is 1. The third kappa shape index (κ3) is 4.72. The molecule has 0 saturated carbocycles. The molecule has 0 fully saturated rings. The van der Waals surface area contributed by atoms with Crippen LogP contribution in [0.25, 0.3) is 0 Å². The van der Waals surface area contributed by atoms with Gasteiger partial charge < -0.3 is 10.3 Å². The van der Waals surface area contributed by atoms with Crippen LogP contribution in [0.1, 0.15) is 17.8 Å². The number of nitrogens with zero attached hydrogens (tertiary/aromatic N) is 2. The number of non-ortho nitro benzene ring substituents is 1. The van der Waals surface area contributed by atoms with Gasteiger partial charge in [-0.25, -0.2) is 4.98 Å². The highest BCUT2D eigenvalue weighted by Gasteiger charge is 2.08. The number of aromatic nitrogens is 2. The zero-order valence-corrected chi connectivity index (χ0v) is 11.4. The van der Waals surface area contributed by atoms with Crippen LogP contribution in [-0.4, -0.2) is 27.3 Å². The first-order valence-electron chi connectivity index (χ1n) is 6.63. The molecule has 0 unspecified atom stereocenters. The maximum atomic E-state index is 11.8. The smallest absolute Gasteiger partial charge is 0.269 e. The van der Waals surface area contributed by atoms with Crippen molar-refractivity contribution in [1.82, 2.24) is 15.3 Å². The minimum Gasteiger partial charge on any atom is -0.356 e. The zero-order valence-electron chi connectivity index (χ0n) is 11.4. The predicted molar refractivity (Wildman–Crippen MR) is 76.7 cm³/mol. The van der Waals surface area contributed by atoms with Crippen LogP contribution in [0.3, 0.4) is 0 Å². The van der Waals surface area contributed by atoms with Crippen LogP contribution in [0.4, 0.5) is 5.69 Å². The second-order valence-electron chi connectivity index (χ2n) is 4.59. The van der Waals surface area contributed by atoms with Crippen LogP contribution in [-0.2, 0) is 17.6 Å². The lowest BCUT2D eigenvalue weighted by molar-refractivity contribution is -0.384. The predicted octanol–water partition coefficient (Wildman–Crippen LogP) is 1.61. The van der Waals surface area contributed by atoms with E-state index in [2.05, 4.69) is 15.3 Å². The summed E-state index contributed by atoms with van der Waals surface area (Å²) in [5.74, 6) is 0.748. The number of hydrogen-bond acceptors (Lipinski definition) is 4. The third-order valence-corrected chi connectivity index (χ3v) is 2.95. The third-order valence-electron chi connectivity index (χ3n) is 2.95. The Labute approximate surface area is 121 Å². The highest BCUT2D eigenvalue weighted by atomic mass is 16.6. The number of nitro groups is 1. The number of hydrogen-bond donors (Lipinski definition) is 2. The molecule has 1 aromatic heterocycles. The van der Waals surface area contributed by atoms with Crippen molar-refractivity contribution in [3.63, 3.8) is 0 Å². The molecule has 0 spiro atoms. The van der Waals surface area contributed by atoms with E-state index in [4.69, 9.17) is 0 Å². The van der Waals surface area contributed by atoms with E-state index >= 15 is 0 Å². The molecule has 7 heteroatoms. The first-order valence-corrected chi connectivity index (χ1v) is 6.63. The molecule has 0 aliphatic rings. The zero-order chi connectivity index (χ0) is 15.1. The highest BCUT2D eigenvalue weighted by molar-refractivity contribution is 5.78. The summed E-state index contributed by atoms with van der Waals surface area (Å²) in [6.07, 6.45) is 5.15. The number of aromatic amines is 1. The molecule has 1 heterocycles. The minimum absolute atomic E-state index is 0.00174. The molecule has 1 aromatic carbocycles. The van der Waals surface area contributed by atoms with Crippen LogP contribution in [0, 0.1) is 10.1 Å². The van der Waals surface area contributed by atoms with Crippen molar-refractivity contribution in [3.05, 3.63) is 58.2 Å². The highest BCUT2D eigenvalue weighted by Crippen LogP contribution is 2.13. The van der Waals surface area contributed by atoms with Crippen molar-refractivity contribution >= 4 is 11.6 Å². The largest absolute Gasteiger partial charge is 0.356 e. The van der Waals surface area contributed by atoms with Gasteiger partial charge in [0.1, 0.15) is 5.82 Å². The Bertz CT molecular complexity index is 610. The normalized spacial score (nSPS) is 10.3. The molecule has 0 radical (unpaired) electrons. The molecule has 1 amide bonds. The number of carbonyl (C=O) groups excluding carboxylic acids is 1. The number of rotatable bonds is 7. The summed E-state index contributed by atoms with van der Waals surface area (Å²) >= 11 is 0. The number of aryl methyl sites for hydroxylation is 1. The maximum absolute atomic E-state index is 11.8. The van der Waals surface area contributed by atoms with Crippen molar-refractivity contribution < 1.29 is 9.72 Å². The van der Waals surface area contributed by atoms with Gasteiger partial charge in [0.25, 0.3) is 5.69 Å². The molecule has 21 heavy (non-hydrogen) atoms. The molecule has 2 aromatic rings. The van der Waals surface area contributed by atoms with Gasteiger partial charge in [0.15, 0.2) is 0 Å². The fourth-order valence-electron chi connectivity index (χ4n) is 1.95. The molecule has 7 nitrogen and oxygen atoms in total. The molecule has 2 rings (SSSR count). The number of imidazole rings is 1. The van der Waals surface area contributed by atoms with Gasteiger partial charge >= 0.3 is 0 Å². The molecule has 110 valence electrons. The Hall–Kier alpha value is -2.70. The van der Waals surface area contributed by atoms with Gasteiger partial charge in [0.05, 0.1) is 11.3 Å². The van der Waals surface area contributed by atoms with E-state index in [1.54, 1.807) is 24.5 Å². The molecule has 0 atom stereocenters. The van der Waals surface area contributed by atoms with Crippen LogP contribution >= 0.6 is 0 Å². The van der Waals surface area contributed by atoms with Crippen LogP contribution in [0.5, 0.6) is 0 Å². The number of nitrogens with one attached hydrogen (secondary N) is 2. The van der Waals surface area contributed by atoms with E-state index in [0.29, 0.717) is 12.1 Å². The fraction of sp³-hybridized carbons (Fsp3) is 0.286. The Balaban J connectivity index is 1.74. The van der Waals surface area contributed by atoms with Gasteiger partial charge in [-0.1, -0.05) is 12.1 Å². The van der Waals surface area contributed by atoms with E-state index < -0.39 is 4.92 Å². The lowest BCUT2D eigenvalue weighted by Gasteiger charge is -2.04. The second kappa shape index (κ2) is 7.18. The molecule has 0 aliphatic heterocycles. The van der Waals surface area contributed by atoms with Crippen molar-refractivity contribution in [2.24, 2.45) is 0 Å². The monoisotopic (exact) mass is 288 g/mol. The number of benzene rings is 1. The van der Waals surface area contributed by atoms with Crippen molar-refractivity contribution in [2.45, 2.75) is 19.3 Å². The van der Waals surface area contributed by atoms with Gasteiger partial charge in [-0.15, -0.1) is 0 Å². The molecule has 0 saturated heterocycles. The molecule has 2 N–H and O–H groups in total. The van der Waals surface area contributed by atoms with Crippen LogP contribution < -0.4 is 5.32 Å². The molecule has 0 aliphatic carbocycles. The van der Waals surface area contributed by atoms with Crippen LogP contribution in [0.2, 0.25) is 0 Å². The molecular formula is C14H16N4O3. The van der Waals surface area contributed by atoms with E-state index in [0.717, 1.165) is 18.7 Å². The Morgan fingerprint density at radius 3 is 3.00 bits per heavy atom. The quantitative estimate of drug-likeness (QED) is 0.459. The summed E-state index contributed by atoms with van der Waals surface area (Å²) in [6.45, 7) is 0.550. The number of nitro benzene ring substituents is 1. The second-order valence-corrected chi connectivity index (χ2v) is 4.59. The Morgan fingerprint density at radius 1 is 1.43 bits per heavy atom. The van der Waals surface area contributed by atoms with Gasteiger partial charge in [-0.2, -0.15) is 0 Å². The fourth-order valence-corrected chi connectivity index (χ4v) is 1.95. The Kier molecular flexibility index (Phi) is 5.03. The van der Waals surface area contributed by atoms with E-state index in [9.17, 15) is 14.9 Å². The number of amides is 1. The first-order chi connectivity index (χ1) is 10.1. The van der Waals surface area contributed by atoms with Crippen LogP contribution in [0.15, 0.2) is 36.7 Å². The summed E-state index contributed by atoms with van der Waals surface area (Å²) in [6, 6.07) is 6.11. The summed E-state index contributed by atoms with van der Waals surface area (Å²) < 4.78 is 0. The van der Waals surface area contributed by atoms with E-state index in [-0.39, 0.29) is 18.0 Å². The molecule has 0 bridgehead atoms. The van der Waals surface area contributed by atoms with Crippen molar-refractivity contribution in [3.8, 4) is 0 Å². The number of H-pyrrole nitrogens is 1. The van der Waals surface area contributed by atoms with Crippen molar-refractivity contribution in [2.75, 3.05) is 6.54 Å². The Morgan fingerprint density at radius 2 is 2.29 bits per heavy atom. The van der Waals surface area contributed by atoms with Gasteiger partial charge in [-0.05, 0) is 12.0 Å². The van der Waals surface area contributed by atoms with Gasteiger partial charge in [0.2, 0.25) is 5.91 Å². The maximum Gasteiger partial charge on any atom is 0.269 e. The van der Waals surface area contributed by atoms with Crippen molar-refractivity contribution in [1.29, 1.82) is 0 Å². The lowest BCUT2D eigenvalue weighted by Crippen LogP contribution is -2.26. The summed E-state index contributed by atoms with van der Waals surface area (Å²) in [5.41, 5.74) is 0.630.